The summed E-state index contributed by atoms with van der Waals surface area (Å²) in [5, 5.41) is 22.5. The topological polar surface area (TPSA) is 80.3 Å². The van der Waals surface area contributed by atoms with Gasteiger partial charge in [-0.2, -0.15) is 0 Å². The van der Waals surface area contributed by atoms with Crippen LogP contribution in [0.25, 0.3) is 10.8 Å². The number of hydrogen-bond donors (Lipinski definition) is 0. The smallest absolute Gasteiger partial charge is 0.545 e. The Labute approximate surface area is 107 Å². The molecule has 0 saturated carbocycles. The van der Waals surface area contributed by atoms with Crippen molar-refractivity contribution in [2.45, 2.75) is 0 Å². The molecule has 4 nitrogen and oxygen atoms in total. The molecular weight excluding hydrogens is 267 g/mol. The molecule has 0 spiro atoms. The summed E-state index contributed by atoms with van der Waals surface area (Å²) in [5.74, 6) is -2.52. The van der Waals surface area contributed by atoms with Gasteiger partial charge in [0.2, 0.25) is 0 Å². The van der Waals surface area contributed by atoms with E-state index in [1.807, 2.05) is 0 Å². The first-order valence-electron chi connectivity index (χ1n) is 4.54. The van der Waals surface area contributed by atoms with E-state index in [4.69, 9.17) is 0 Å². The van der Waals surface area contributed by atoms with Gasteiger partial charge in [0.15, 0.2) is 0 Å². The van der Waals surface area contributed by atoms with Gasteiger partial charge in [0.1, 0.15) is 0 Å². The fourth-order valence-corrected chi connectivity index (χ4v) is 1.50. The molecule has 0 heterocycles. The van der Waals surface area contributed by atoms with Crippen LogP contribution in [-0.4, -0.2) is 11.9 Å². The van der Waals surface area contributed by atoms with Crippen LogP contribution in [0.15, 0.2) is 36.4 Å². The van der Waals surface area contributed by atoms with Crippen molar-refractivity contribution < 1.29 is 36.3 Å². The van der Waals surface area contributed by atoms with Crippen molar-refractivity contribution in [2.75, 3.05) is 0 Å². The van der Waals surface area contributed by atoms with Crippen LogP contribution >= 0.6 is 0 Å². The van der Waals surface area contributed by atoms with Crippen molar-refractivity contribution >= 4 is 22.7 Å². The van der Waals surface area contributed by atoms with E-state index in [1.165, 1.54) is 36.4 Å². The Bertz CT molecular complexity index is 539. The number of rotatable bonds is 2. The first kappa shape index (κ1) is 13.2. The Morgan fingerprint density at radius 1 is 0.765 bits per heavy atom. The predicted octanol–water partition coefficient (Wildman–Crippen LogP) is -0.436. The molecule has 2 aromatic carbocycles. The molecule has 88 valence electrons. The Morgan fingerprint density at radius 2 is 1.12 bits per heavy atom. The van der Waals surface area contributed by atoms with E-state index in [0.29, 0.717) is 10.8 Å². The van der Waals surface area contributed by atoms with Crippen LogP contribution < -0.4 is 10.2 Å². The minimum absolute atomic E-state index is 0. The maximum atomic E-state index is 10.6. The molecule has 2 aromatic rings. The molecule has 0 aliphatic carbocycles. The SMILES string of the molecule is O=C([O-])c1ccc2cc(C(=O)[O-])ccc2c1.[Ni+2]. The van der Waals surface area contributed by atoms with Crippen molar-refractivity contribution in [1.82, 2.24) is 0 Å². The van der Waals surface area contributed by atoms with Gasteiger partial charge in [-0.25, -0.2) is 0 Å². The van der Waals surface area contributed by atoms with E-state index in [9.17, 15) is 19.8 Å². The first-order chi connectivity index (χ1) is 7.58. The van der Waals surface area contributed by atoms with Gasteiger partial charge >= 0.3 is 16.5 Å². The van der Waals surface area contributed by atoms with Crippen LogP contribution in [0, 0.1) is 0 Å². The summed E-state index contributed by atoms with van der Waals surface area (Å²) in [5.41, 5.74) is 0.127. The molecule has 0 saturated heterocycles. The minimum atomic E-state index is -1.26. The van der Waals surface area contributed by atoms with E-state index in [-0.39, 0.29) is 27.6 Å². The van der Waals surface area contributed by atoms with Gasteiger partial charge in [-0.05, 0) is 34.0 Å². The molecule has 0 aliphatic rings. The van der Waals surface area contributed by atoms with Crippen molar-refractivity contribution in [3.05, 3.63) is 47.5 Å². The minimum Gasteiger partial charge on any atom is -0.545 e. The zero-order valence-electron chi connectivity index (χ0n) is 8.41. The fourth-order valence-electron chi connectivity index (χ4n) is 1.50. The Hall–Kier alpha value is -1.87. The molecule has 2 rings (SSSR count). The molecule has 0 aromatic heterocycles. The number of carbonyl (C=O) groups is 2. The molecule has 17 heavy (non-hydrogen) atoms. The first-order valence-corrected chi connectivity index (χ1v) is 4.54. The summed E-state index contributed by atoms with van der Waals surface area (Å²) in [6.45, 7) is 0. The molecule has 0 radical (unpaired) electrons. The van der Waals surface area contributed by atoms with Crippen molar-refractivity contribution in [2.24, 2.45) is 0 Å². The van der Waals surface area contributed by atoms with Gasteiger partial charge in [0.05, 0.1) is 11.9 Å². The van der Waals surface area contributed by atoms with Crippen molar-refractivity contribution in [3.8, 4) is 0 Å². The van der Waals surface area contributed by atoms with Gasteiger partial charge in [-0.1, -0.05) is 24.3 Å². The molecule has 5 heteroatoms. The summed E-state index contributed by atoms with van der Waals surface area (Å²) in [7, 11) is 0. The zero-order valence-corrected chi connectivity index (χ0v) is 9.40. The maximum Gasteiger partial charge on any atom is 2.00 e. The third kappa shape index (κ3) is 2.63. The summed E-state index contributed by atoms with van der Waals surface area (Å²) < 4.78 is 0. The molecule has 0 aliphatic heterocycles. The number of benzene rings is 2. The predicted molar refractivity (Wildman–Crippen MR) is 52.6 cm³/mol. The Balaban J connectivity index is 0.00000144. The van der Waals surface area contributed by atoms with Gasteiger partial charge in [-0.3, -0.25) is 0 Å². The van der Waals surface area contributed by atoms with E-state index in [0.717, 1.165) is 0 Å². The maximum absolute atomic E-state index is 10.6. The van der Waals surface area contributed by atoms with Crippen LogP contribution in [0.1, 0.15) is 20.7 Å². The van der Waals surface area contributed by atoms with Gasteiger partial charge in [0.25, 0.3) is 0 Å². The average molecular weight is 273 g/mol. The number of fused-ring (bicyclic) bond motifs is 1. The number of carboxylic acids is 2. The Kier molecular flexibility index (Phi) is 3.86. The molecular formula is C12H6NiO4. The average Bonchev–Trinajstić information content (AvgIpc) is 2.27. The quantitative estimate of drug-likeness (QED) is 0.695. The van der Waals surface area contributed by atoms with Gasteiger partial charge in [0, 0.05) is 0 Å². The second-order valence-corrected chi connectivity index (χ2v) is 3.35. The number of carboxylic acid groups (broad SMARTS) is 2. The number of carbonyl (C=O) groups excluding carboxylic acids is 2. The summed E-state index contributed by atoms with van der Waals surface area (Å²) in [4.78, 5) is 21.2. The Morgan fingerprint density at radius 3 is 1.41 bits per heavy atom. The van der Waals surface area contributed by atoms with Gasteiger partial charge in [-0.15, -0.1) is 0 Å². The van der Waals surface area contributed by atoms with E-state index in [2.05, 4.69) is 0 Å². The van der Waals surface area contributed by atoms with Crippen LogP contribution in [0.2, 0.25) is 0 Å². The number of hydrogen-bond acceptors (Lipinski definition) is 4. The molecule has 0 unspecified atom stereocenters. The summed E-state index contributed by atoms with van der Waals surface area (Å²) in [6, 6.07) is 8.68. The fraction of sp³-hybridized carbons (Fsp3) is 0. The zero-order chi connectivity index (χ0) is 11.7. The third-order valence-electron chi connectivity index (χ3n) is 2.31. The molecule has 0 atom stereocenters. The van der Waals surface area contributed by atoms with E-state index in [1.54, 1.807) is 0 Å². The van der Waals surface area contributed by atoms with Crippen molar-refractivity contribution in [1.29, 1.82) is 0 Å². The monoisotopic (exact) mass is 272 g/mol. The number of aromatic carboxylic acids is 2. The summed E-state index contributed by atoms with van der Waals surface area (Å²) in [6.07, 6.45) is 0. The van der Waals surface area contributed by atoms with E-state index >= 15 is 0 Å². The summed E-state index contributed by atoms with van der Waals surface area (Å²) >= 11 is 0. The van der Waals surface area contributed by atoms with Crippen LogP contribution in [0.4, 0.5) is 0 Å². The van der Waals surface area contributed by atoms with Crippen LogP contribution in [-0.2, 0) is 16.5 Å². The standard InChI is InChI=1S/C12H8O4.Ni/c13-11(14)9-3-1-7-5-10(12(15)16)4-2-8(7)6-9;/h1-6H,(H,13,14)(H,15,16);/q;+2/p-2. The molecule has 0 bridgehead atoms. The van der Waals surface area contributed by atoms with Crippen LogP contribution in [0.3, 0.4) is 0 Å². The normalized spacial score (nSPS) is 9.65. The second-order valence-electron chi connectivity index (χ2n) is 3.35. The van der Waals surface area contributed by atoms with Crippen molar-refractivity contribution in [3.63, 3.8) is 0 Å². The molecule has 0 amide bonds. The second kappa shape index (κ2) is 4.98. The van der Waals surface area contributed by atoms with Gasteiger partial charge < -0.3 is 19.8 Å². The van der Waals surface area contributed by atoms with E-state index < -0.39 is 11.9 Å². The molecule has 0 fully saturated rings. The van der Waals surface area contributed by atoms with Crippen LogP contribution in [0.5, 0.6) is 0 Å². The molecule has 0 N–H and O–H groups in total. The third-order valence-corrected chi connectivity index (χ3v) is 2.31. The largest absolute Gasteiger partial charge is 2.00 e.